The summed E-state index contributed by atoms with van der Waals surface area (Å²) >= 11 is 0. The summed E-state index contributed by atoms with van der Waals surface area (Å²) in [6, 6.07) is 9.63. The lowest BCUT2D eigenvalue weighted by Gasteiger charge is -2.14. The maximum Gasteiger partial charge on any atom is 0.238 e. The zero-order valence-corrected chi connectivity index (χ0v) is 10.8. The van der Waals surface area contributed by atoms with E-state index in [4.69, 9.17) is 11.0 Å². The van der Waals surface area contributed by atoms with E-state index in [9.17, 15) is 4.79 Å². The van der Waals surface area contributed by atoms with Crippen molar-refractivity contribution in [2.45, 2.75) is 18.9 Å². The molecule has 2 rings (SSSR count). The van der Waals surface area contributed by atoms with Gasteiger partial charge in [-0.3, -0.25) is 9.69 Å². The van der Waals surface area contributed by atoms with Gasteiger partial charge in [0.2, 0.25) is 5.91 Å². The fourth-order valence-corrected chi connectivity index (χ4v) is 2.21. The van der Waals surface area contributed by atoms with Crippen LogP contribution < -0.4 is 11.1 Å². The van der Waals surface area contributed by atoms with Crippen LogP contribution in [0.5, 0.6) is 0 Å². The third-order valence-corrected chi connectivity index (χ3v) is 3.20. The summed E-state index contributed by atoms with van der Waals surface area (Å²) in [6.07, 6.45) is 1.34. The summed E-state index contributed by atoms with van der Waals surface area (Å²) in [5, 5.41) is 11.4. The van der Waals surface area contributed by atoms with Crippen LogP contribution in [0, 0.1) is 11.3 Å². The number of carbonyl (C=O) groups excluding carboxylic acids is 1. The van der Waals surface area contributed by atoms with Crippen LogP contribution in [0.2, 0.25) is 0 Å². The van der Waals surface area contributed by atoms with Crippen molar-refractivity contribution in [3.8, 4) is 6.07 Å². The third kappa shape index (κ3) is 4.05. The molecule has 1 atom stereocenters. The number of carbonyl (C=O) groups is 1. The van der Waals surface area contributed by atoms with Gasteiger partial charge in [-0.2, -0.15) is 5.26 Å². The average molecular weight is 258 g/mol. The third-order valence-electron chi connectivity index (χ3n) is 3.20. The predicted octanol–water partition coefficient (Wildman–Crippen LogP) is 0.724. The first-order valence-electron chi connectivity index (χ1n) is 6.41. The number of benzene rings is 1. The van der Waals surface area contributed by atoms with Gasteiger partial charge >= 0.3 is 0 Å². The highest BCUT2D eigenvalue weighted by Gasteiger charge is 2.20. The van der Waals surface area contributed by atoms with Crippen molar-refractivity contribution in [2.24, 2.45) is 5.73 Å². The van der Waals surface area contributed by atoms with Gasteiger partial charge in [-0.15, -0.1) is 0 Å². The SMILES string of the molecule is N#CCc1ccc(NC(=O)CN2CCC(N)C2)cc1. The van der Waals surface area contributed by atoms with Gasteiger partial charge in [0.05, 0.1) is 19.0 Å². The number of nitrogens with zero attached hydrogens (tertiary/aromatic N) is 2. The first-order chi connectivity index (χ1) is 9.17. The number of anilines is 1. The van der Waals surface area contributed by atoms with Gasteiger partial charge < -0.3 is 11.1 Å². The van der Waals surface area contributed by atoms with E-state index in [1.165, 1.54) is 0 Å². The molecule has 0 aromatic heterocycles. The zero-order chi connectivity index (χ0) is 13.7. The number of nitrogens with two attached hydrogens (primary N) is 1. The second-order valence-electron chi connectivity index (χ2n) is 4.86. The minimum Gasteiger partial charge on any atom is -0.326 e. The molecule has 0 aliphatic carbocycles. The highest BCUT2D eigenvalue weighted by Crippen LogP contribution is 2.11. The molecule has 1 fully saturated rings. The van der Waals surface area contributed by atoms with E-state index in [1.807, 2.05) is 24.3 Å². The Morgan fingerprint density at radius 3 is 2.79 bits per heavy atom. The zero-order valence-electron chi connectivity index (χ0n) is 10.8. The molecule has 0 saturated carbocycles. The van der Waals surface area contributed by atoms with Gasteiger partial charge in [0.25, 0.3) is 0 Å². The Balaban J connectivity index is 1.83. The quantitative estimate of drug-likeness (QED) is 0.834. The Labute approximate surface area is 113 Å². The van der Waals surface area contributed by atoms with Crippen LogP contribution in [-0.2, 0) is 11.2 Å². The molecule has 0 spiro atoms. The van der Waals surface area contributed by atoms with E-state index in [1.54, 1.807) is 0 Å². The smallest absolute Gasteiger partial charge is 0.238 e. The maximum atomic E-state index is 11.8. The molecule has 1 aliphatic rings. The number of hydrogen-bond donors (Lipinski definition) is 2. The Bertz CT molecular complexity index is 477. The first kappa shape index (κ1) is 13.5. The fourth-order valence-electron chi connectivity index (χ4n) is 2.21. The summed E-state index contributed by atoms with van der Waals surface area (Å²) < 4.78 is 0. The van der Waals surface area contributed by atoms with E-state index < -0.39 is 0 Å². The molecule has 1 aromatic carbocycles. The summed E-state index contributed by atoms with van der Waals surface area (Å²) in [5.74, 6) is -0.0258. The average Bonchev–Trinajstić information content (AvgIpc) is 2.77. The largest absolute Gasteiger partial charge is 0.326 e. The number of likely N-dealkylation sites (tertiary alicyclic amines) is 1. The van der Waals surface area contributed by atoms with Gasteiger partial charge in [0.1, 0.15) is 0 Å². The lowest BCUT2D eigenvalue weighted by Crippen LogP contribution is -2.33. The van der Waals surface area contributed by atoms with Crippen LogP contribution in [0.3, 0.4) is 0 Å². The van der Waals surface area contributed by atoms with Crippen molar-refractivity contribution >= 4 is 11.6 Å². The number of amides is 1. The Kier molecular flexibility index (Phi) is 4.50. The molecule has 100 valence electrons. The molecule has 1 amide bonds. The first-order valence-corrected chi connectivity index (χ1v) is 6.41. The fraction of sp³-hybridized carbons (Fsp3) is 0.429. The van der Waals surface area contributed by atoms with Gasteiger partial charge in [-0.25, -0.2) is 0 Å². The van der Waals surface area contributed by atoms with E-state index in [-0.39, 0.29) is 11.9 Å². The summed E-state index contributed by atoms with van der Waals surface area (Å²) in [6.45, 7) is 2.05. The highest BCUT2D eigenvalue weighted by molar-refractivity contribution is 5.92. The normalized spacial score (nSPS) is 19.1. The van der Waals surface area contributed by atoms with Crippen LogP contribution in [0.4, 0.5) is 5.69 Å². The minimum absolute atomic E-state index is 0.0258. The molecule has 1 aliphatic heterocycles. The maximum absolute atomic E-state index is 11.8. The number of nitriles is 1. The van der Waals surface area contributed by atoms with Crippen LogP contribution >= 0.6 is 0 Å². The van der Waals surface area contributed by atoms with Crippen molar-refractivity contribution in [1.29, 1.82) is 5.26 Å². The molecule has 1 aromatic rings. The van der Waals surface area contributed by atoms with E-state index >= 15 is 0 Å². The molecule has 5 heteroatoms. The summed E-state index contributed by atoms with van der Waals surface area (Å²) in [5.41, 5.74) is 7.51. The number of nitrogens with one attached hydrogen (secondary N) is 1. The highest BCUT2D eigenvalue weighted by atomic mass is 16.2. The minimum atomic E-state index is -0.0258. The Hall–Kier alpha value is -1.90. The van der Waals surface area contributed by atoms with E-state index in [0.717, 1.165) is 30.8 Å². The molecular weight excluding hydrogens is 240 g/mol. The van der Waals surface area contributed by atoms with Crippen molar-refractivity contribution in [3.63, 3.8) is 0 Å². The lowest BCUT2D eigenvalue weighted by molar-refractivity contribution is -0.117. The van der Waals surface area contributed by atoms with Crippen molar-refractivity contribution in [2.75, 3.05) is 25.0 Å². The van der Waals surface area contributed by atoms with Gasteiger partial charge in [0.15, 0.2) is 0 Å². The number of hydrogen-bond acceptors (Lipinski definition) is 4. The van der Waals surface area contributed by atoms with Crippen LogP contribution in [0.15, 0.2) is 24.3 Å². The molecule has 0 radical (unpaired) electrons. The van der Waals surface area contributed by atoms with Crippen molar-refractivity contribution < 1.29 is 4.79 Å². The molecule has 19 heavy (non-hydrogen) atoms. The van der Waals surface area contributed by atoms with E-state index in [2.05, 4.69) is 16.3 Å². The van der Waals surface area contributed by atoms with Crippen molar-refractivity contribution in [1.82, 2.24) is 4.90 Å². The van der Waals surface area contributed by atoms with E-state index in [0.29, 0.717) is 13.0 Å². The molecule has 1 unspecified atom stereocenters. The van der Waals surface area contributed by atoms with Gasteiger partial charge in [0, 0.05) is 24.8 Å². The second-order valence-corrected chi connectivity index (χ2v) is 4.86. The van der Waals surface area contributed by atoms with Crippen molar-refractivity contribution in [3.05, 3.63) is 29.8 Å². The monoisotopic (exact) mass is 258 g/mol. The number of rotatable bonds is 4. The summed E-state index contributed by atoms with van der Waals surface area (Å²) in [7, 11) is 0. The second kappa shape index (κ2) is 6.32. The van der Waals surface area contributed by atoms with Gasteiger partial charge in [-0.05, 0) is 24.1 Å². The van der Waals surface area contributed by atoms with Crippen LogP contribution in [0.25, 0.3) is 0 Å². The standard InChI is InChI=1S/C14H18N4O/c15-7-5-11-1-3-13(4-2-11)17-14(19)10-18-8-6-12(16)9-18/h1-4,12H,5-6,8-10,16H2,(H,17,19). The van der Waals surface area contributed by atoms with Gasteiger partial charge in [-0.1, -0.05) is 12.1 Å². The van der Waals surface area contributed by atoms with Crippen LogP contribution in [0.1, 0.15) is 12.0 Å². The lowest BCUT2D eigenvalue weighted by atomic mass is 10.1. The molecule has 1 heterocycles. The topological polar surface area (TPSA) is 82.2 Å². The van der Waals surface area contributed by atoms with Crippen LogP contribution in [-0.4, -0.2) is 36.5 Å². The molecular formula is C14H18N4O. The predicted molar refractivity (Wildman–Crippen MR) is 73.4 cm³/mol. The Morgan fingerprint density at radius 2 is 2.21 bits per heavy atom. The Morgan fingerprint density at radius 1 is 1.47 bits per heavy atom. The molecule has 1 saturated heterocycles. The molecule has 0 bridgehead atoms. The molecule has 5 nitrogen and oxygen atoms in total. The summed E-state index contributed by atoms with van der Waals surface area (Å²) in [4.78, 5) is 13.9. The molecule has 3 N–H and O–H groups in total.